The summed E-state index contributed by atoms with van der Waals surface area (Å²) in [5, 5.41) is 12.2. The lowest BCUT2D eigenvalue weighted by molar-refractivity contribution is 0.325. The summed E-state index contributed by atoms with van der Waals surface area (Å²) in [4.78, 5) is 0. The van der Waals surface area contributed by atoms with E-state index < -0.39 is 15.4 Å². The molecule has 1 aromatic carbocycles. The molecule has 1 aliphatic rings. The molecule has 1 saturated heterocycles. The molecule has 1 atom stereocenters. The van der Waals surface area contributed by atoms with E-state index in [2.05, 4.69) is 15.5 Å². The van der Waals surface area contributed by atoms with Gasteiger partial charge in [0.05, 0.1) is 17.0 Å². The normalized spacial score (nSPS) is 24.3. The van der Waals surface area contributed by atoms with E-state index in [9.17, 15) is 8.42 Å². The maximum atomic E-state index is 11.8. The number of tetrazole rings is 1. The third-order valence-electron chi connectivity index (χ3n) is 3.72. The van der Waals surface area contributed by atoms with Crippen molar-refractivity contribution in [3.05, 3.63) is 23.2 Å². The molecule has 1 unspecified atom stereocenters. The second-order valence-electron chi connectivity index (χ2n) is 5.48. The lowest BCUT2D eigenvalue weighted by Gasteiger charge is -2.23. The van der Waals surface area contributed by atoms with E-state index in [1.807, 2.05) is 6.92 Å². The number of halogens is 1. The van der Waals surface area contributed by atoms with Crippen LogP contribution in [0.25, 0.3) is 11.4 Å². The molecule has 112 valence electrons. The van der Waals surface area contributed by atoms with Gasteiger partial charge >= 0.3 is 0 Å². The molecule has 1 aliphatic heterocycles. The van der Waals surface area contributed by atoms with Crippen LogP contribution in [0.4, 0.5) is 5.69 Å². The standard InChI is InChI=1S/C12H14ClN5O2S/c1-12(4-5-21(19,20)7-12)18-11(15-16-17-18)9-6-8(13)2-3-10(9)14/h2-3,6H,4-5,7,14H2,1H3. The number of hydrogen-bond acceptors (Lipinski definition) is 6. The molecule has 9 heteroatoms. The first-order valence-corrected chi connectivity index (χ1v) is 8.55. The first-order valence-electron chi connectivity index (χ1n) is 6.35. The highest BCUT2D eigenvalue weighted by Gasteiger charge is 2.42. The lowest BCUT2D eigenvalue weighted by atomic mass is 10.0. The molecule has 1 fully saturated rings. The van der Waals surface area contributed by atoms with E-state index in [1.54, 1.807) is 22.9 Å². The zero-order chi connectivity index (χ0) is 15.3. The van der Waals surface area contributed by atoms with E-state index in [4.69, 9.17) is 17.3 Å². The molecule has 21 heavy (non-hydrogen) atoms. The van der Waals surface area contributed by atoms with Crippen molar-refractivity contribution in [1.29, 1.82) is 0 Å². The third-order valence-corrected chi connectivity index (χ3v) is 5.84. The minimum atomic E-state index is -3.07. The number of nitrogen functional groups attached to an aromatic ring is 1. The van der Waals surface area contributed by atoms with E-state index in [0.717, 1.165) is 0 Å². The summed E-state index contributed by atoms with van der Waals surface area (Å²) in [6.07, 6.45) is 0.466. The summed E-state index contributed by atoms with van der Waals surface area (Å²) < 4.78 is 25.1. The topological polar surface area (TPSA) is 104 Å². The van der Waals surface area contributed by atoms with Gasteiger partial charge < -0.3 is 5.73 Å². The van der Waals surface area contributed by atoms with Gasteiger partial charge in [0.25, 0.3) is 0 Å². The number of nitrogens with two attached hydrogens (primary N) is 1. The zero-order valence-electron chi connectivity index (χ0n) is 11.3. The van der Waals surface area contributed by atoms with E-state index in [-0.39, 0.29) is 11.5 Å². The SMILES string of the molecule is CC1(n2nnnc2-c2cc(Cl)ccc2N)CCS(=O)(=O)C1. The number of sulfone groups is 1. The van der Waals surface area contributed by atoms with Crippen molar-refractivity contribution in [3.8, 4) is 11.4 Å². The van der Waals surface area contributed by atoms with Crippen LogP contribution in [0.1, 0.15) is 13.3 Å². The number of nitrogens with zero attached hydrogens (tertiary/aromatic N) is 4. The Morgan fingerprint density at radius 2 is 2.19 bits per heavy atom. The van der Waals surface area contributed by atoms with E-state index in [1.165, 1.54) is 0 Å². The summed E-state index contributed by atoms with van der Waals surface area (Å²) in [5.41, 5.74) is 6.37. The number of aromatic nitrogens is 4. The molecule has 0 amide bonds. The molecule has 2 N–H and O–H groups in total. The van der Waals surface area contributed by atoms with Crippen molar-refractivity contribution in [1.82, 2.24) is 20.2 Å². The fraction of sp³-hybridized carbons (Fsp3) is 0.417. The van der Waals surface area contributed by atoms with Gasteiger partial charge in [-0.3, -0.25) is 0 Å². The Morgan fingerprint density at radius 3 is 2.86 bits per heavy atom. The van der Waals surface area contributed by atoms with Gasteiger partial charge in [-0.25, -0.2) is 13.1 Å². The molecule has 0 radical (unpaired) electrons. The summed E-state index contributed by atoms with van der Waals surface area (Å²) in [6.45, 7) is 1.83. The predicted molar refractivity (Wildman–Crippen MR) is 79.6 cm³/mol. The van der Waals surface area contributed by atoms with Crippen molar-refractivity contribution in [2.24, 2.45) is 0 Å². The van der Waals surface area contributed by atoms with Crippen molar-refractivity contribution in [3.63, 3.8) is 0 Å². The third kappa shape index (κ3) is 2.49. The lowest BCUT2D eigenvalue weighted by Crippen LogP contribution is -2.33. The minimum Gasteiger partial charge on any atom is -0.398 e. The largest absolute Gasteiger partial charge is 0.398 e. The molecule has 1 aromatic heterocycles. The molecule has 0 spiro atoms. The molecule has 0 saturated carbocycles. The highest BCUT2D eigenvalue weighted by atomic mass is 35.5. The van der Waals surface area contributed by atoms with E-state index in [0.29, 0.717) is 28.5 Å². The van der Waals surface area contributed by atoms with Crippen molar-refractivity contribution < 1.29 is 8.42 Å². The van der Waals surface area contributed by atoms with Crippen LogP contribution in [0.3, 0.4) is 0 Å². The van der Waals surface area contributed by atoms with Crippen LogP contribution in [0, 0.1) is 0 Å². The Hall–Kier alpha value is -1.67. The summed E-state index contributed by atoms with van der Waals surface area (Å²) in [5.74, 6) is 0.571. The average Bonchev–Trinajstić information content (AvgIpc) is 2.98. The van der Waals surface area contributed by atoms with Crippen LogP contribution in [-0.2, 0) is 15.4 Å². The van der Waals surface area contributed by atoms with Crippen LogP contribution < -0.4 is 5.73 Å². The van der Waals surface area contributed by atoms with Crippen LogP contribution in [0.2, 0.25) is 5.02 Å². The Balaban J connectivity index is 2.12. The number of rotatable bonds is 2. The second-order valence-corrected chi connectivity index (χ2v) is 8.11. The summed E-state index contributed by atoms with van der Waals surface area (Å²) in [7, 11) is -3.07. The van der Waals surface area contributed by atoms with Gasteiger partial charge in [-0.15, -0.1) is 5.10 Å². The van der Waals surface area contributed by atoms with Gasteiger partial charge in [0.15, 0.2) is 15.7 Å². The maximum absolute atomic E-state index is 11.8. The molecular formula is C12H14ClN5O2S. The van der Waals surface area contributed by atoms with Crippen molar-refractivity contribution >= 4 is 27.1 Å². The Morgan fingerprint density at radius 1 is 1.43 bits per heavy atom. The molecular weight excluding hydrogens is 314 g/mol. The minimum absolute atomic E-state index is 0.0124. The Bertz CT molecular complexity index is 804. The fourth-order valence-electron chi connectivity index (χ4n) is 2.60. The van der Waals surface area contributed by atoms with Gasteiger partial charge in [-0.2, -0.15) is 0 Å². The zero-order valence-corrected chi connectivity index (χ0v) is 12.9. The maximum Gasteiger partial charge on any atom is 0.184 e. The quantitative estimate of drug-likeness (QED) is 0.829. The molecule has 3 rings (SSSR count). The Labute approximate surface area is 127 Å². The van der Waals surface area contributed by atoms with Gasteiger partial charge in [-0.1, -0.05) is 11.6 Å². The van der Waals surface area contributed by atoms with E-state index >= 15 is 0 Å². The van der Waals surface area contributed by atoms with Gasteiger partial charge in [-0.05, 0) is 42.0 Å². The molecule has 2 heterocycles. The van der Waals surface area contributed by atoms with Crippen LogP contribution in [0.15, 0.2) is 18.2 Å². The molecule has 2 aromatic rings. The van der Waals surface area contributed by atoms with Crippen molar-refractivity contribution in [2.45, 2.75) is 18.9 Å². The highest BCUT2D eigenvalue weighted by Crippen LogP contribution is 2.35. The van der Waals surface area contributed by atoms with Crippen LogP contribution in [0.5, 0.6) is 0 Å². The number of benzene rings is 1. The Kier molecular flexibility index (Phi) is 3.18. The van der Waals surface area contributed by atoms with Crippen LogP contribution in [-0.4, -0.2) is 40.1 Å². The first-order chi connectivity index (χ1) is 9.81. The van der Waals surface area contributed by atoms with Crippen LogP contribution >= 0.6 is 11.6 Å². The fourth-order valence-corrected chi connectivity index (χ4v) is 4.88. The van der Waals surface area contributed by atoms with Gasteiger partial charge in [0.2, 0.25) is 0 Å². The second kappa shape index (κ2) is 4.67. The molecule has 0 aliphatic carbocycles. The monoisotopic (exact) mass is 327 g/mol. The van der Waals surface area contributed by atoms with Gasteiger partial charge in [0, 0.05) is 16.3 Å². The number of hydrogen-bond donors (Lipinski definition) is 1. The smallest absolute Gasteiger partial charge is 0.184 e. The summed E-state index contributed by atoms with van der Waals surface area (Å²) >= 11 is 6.00. The predicted octanol–water partition coefficient (Wildman–Crippen LogP) is 1.11. The molecule has 0 bridgehead atoms. The highest BCUT2D eigenvalue weighted by molar-refractivity contribution is 7.91. The summed E-state index contributed by atoms with van der Waals surface area (Å²) in [6, 6.07) is 5.02. The molecule has 7 nitrogen and oxygen atoms in total. The van der Waals surface area contributed by atoms with Gasteiger partial charge in [0.1, 0.15) is 0 Å². The first kappa shape index (κ1) is 14.3. The van der Waals surface area contributed by atoms with Crippen molar-refractivity contribution in [2.75, 3.05) is 17.2 Å². The average molecular weight is 328 g/mol. The number of anilines is 1.